The molecule has 0 aromatic heterocycles. The average molecular weight is 329 g/mol. The molecule has 1 fully saturated rings. The van der Waals surface area contributed by atoms with Crippen molar-refractivity contribution in [1.82, 2.24) is 5.32 Å². The van der Waals surface area contributed by atoms with Gasteiger partial charge in [-0.1, -0.05) is 0 Å². The van der Waals surface area contributed by atoms with E-state index in [1.54, 1.807) is 26.0 Å². The highest BCUT2D eigenvalue weighted by Gasteiger charge is 2.25. The van der Waals surface area contributed by atoms with E-state index >= 15 is 0 Å². The second kappa shape index (κ2) is 6.93. The summed E-state index contributed by atoms with van der Waals surface area (Å²) in [6, 6.07) is 4.76. The van der Waals surface area contributed by atoms with Crippen molar-refractivity contribution in [2.24, 2.45) is 5.73 Å². The number of nitro benzene ring substituents is 1. The predicted molar refractivity (Wildman–Crippen MR) is 87.6 cm³/mol. The smallest absolute Gasteiger partial charge is 0.293 e. The van der Waals surface area contributed by atoms with Gasteiger partial charge in [0.1, 0.15) is 5.69 Å². The fourth-order valence-corrected chi connectivity index (χ4v) is 1.80. The molecule has 0 heterocycles. The van der Waals surface area contributed by atoms with Crippen molar-refractivity contribution in [2.75, 3.05) is 11.9 Å². The minimum absolute atomic E-state index is 0. The highest BCUT2D eigenvalue weighted by molar-refractivity contribution is 5.95. The molecule has 0 unspecified atom stereocenters. The number of carbonyl (C=O) groups is 1. The van der Waals surface area contributed by atoms with Gasteiger partial charge in [-0.15, -0.1) is 12.4 Å². The minimum Gasteiger partial charge on any atom is -0.377 e. The van der Waals surface area contributed by atoms with Gasteiger partial charge in [0.25, 0.3) is 11.6 Å². The molecule has 22 heavy (non-hydrogen) atoms. The van der Waals surface area contributed by atoms with Gasteiger partial charge in [-0.05, 0) is 38.8 Å². The topological polar surface area (TPSA) is 110 Å². The summed E-state index contributed by atoms with van der Waals surface area (Å²) < 4.78 is 0. The van der Waals surface area contributed by atoms with Crippen LogP contribution in [0.15, 0.2) is 18.2 Å². The Labute approximate surface area is 135 Å². The zero-order chi connectivity index (χ0) is 15.6. The Morgan fingerprint density at radius 3 is 2.59 bits per heavy atom. The first kappa shape index (κ1) is 18.2. The molecule has 1 aromatic rings. The molecule has 7 nitrogen and oxygen atoms in total. The fourth-order valence-electron chi connectivity index (χ4n) is 1.80. The number of hydrogen-bond acceptors (Lipinski definition) is 5. The molecule has 0 aliphatic heterocycles. The lowest BCUT2D eigenvalue weighted by molar-refractivity contribution is -0.384. The largest absolute Gasteiger partial charge is 0.377 e. The molecular formula is C14H21ClN4O3. The molecule has 0 bridgehead atoms. The number of rotatable bonds is 6. The van der Waals surface area contributed by atoms with E-state index < -0.39 is 10.5 Å². The SMILES string of the molecule is CC(C)(N)CNC(=O)c1ccc(NC2CC2)c([N+](=O)[O-])c1.Cl. The Bertz CT molecular complexity index is 568. The van der Waals surface area contributed by atoms with Crippen LogP contribution in [0.2, 0.25) is 0 Å². The lowest BCUT2D eigenvalue weighted by Crippen LogP contribution is -2.45. The molecule has 8 heteroatoms. The summed E-state index contributed by atoms with van der Waals surface area (Å²) in [7, 11) is 0. The molecule has 2 rings (SSSR count). The second-order valence-corrected chi connectivity index (χ2v) is 6.08. The number of anilines is 1. The molecule has 4 N–H and O–H groups in total. The van der Waals surface area contributed by atoms with Gasteiger partial charge in [0.15, 0.2) is 0 Å². The molecular weight excluding hydrogens is 308 g/mol. The Balaban J connectivity index is 0.00000242. The maximum Gasteiger partial charge on any atom is 0.293 e. The van der Waals surface area contributed by atoms with Crippen LogP contribution in [0.1, 0.15) is 37.0 Å². The molecule has 0 atom stereocenters. The predicted octanol–water partition coefficient (Wildman–Crippen LogP) is 2.06. The van der Waals surface area contributed by atoms with Crippen LogP contribution in [0.5, 0.6) is 0 Å². The maximum absolute atomic E-state index is 12.0. The number of benzene rings is 1. The molecule has 0 spiro atoms. The molecule has 0 saturated heterocycles. The molecule has 0 radical (unpaired) electrons. The van der Waals surface area contributed by atoms with E-state index in [0.29, 0.717) is 18.3 Å². The lowest BCUT2D eigenvalue weighted by Gasteiger charge is -2.18. The Morgan fingerprint density at radius 1 is 1.45 bits per heavy atom. The number of hydrogen-bond donors (Lipinski definition) is 3. The van der Waals surface area contributed by atoms with Crippen molar-refractivity contribution in [3.63, 3.8) is 0 Å². The summed E-state index contributed by atoms with van der Waals surface area (Å²) in [4.78, 5) is 22.7. The maximum atomic E-state index is 12.0. The summed E-state index contributed by atoms with van der Waals surface area (Å²) >= 11 is 0. The van der Waals surface area contributed by atoms with Crippen molar-refractivity contribution in [3.8, 4) is 0 Å². The average Bonchev–Trinajstić information content (AvgIpc) is 3.19. The van der Waals surface area contributed by atoms with Crippen LogP contribution in [-0.4, -0.2) is 29.0 Å². The van der Waals surface area contributed by atoms with E-state index in [9.17, 15) is 14.9 Å². The van der Waals surface area contributed by atoms with Crippen LogP contribution in [0.3, 0.4) is 0 Å². The van der Waals surface area contributed by atoms with Crippen molar-refractivity contribution < 1.29 is 9.72 Å². The van der Waals surface area contributed by atoms with Crippen molar-refractivity contribution in [3.05, 3.63) is 33.9 Å². The van der Waals surface area contributed by atoms with Crippen molar-refractivity contribution >= 4 is 29.7 Å². The van der Waals surface area contributed by atoms with Crippen molar-refractivity contribution in [1.29, 1.82) is 0 Å². The first-order chi connectivity index (χ1) is 9.76. The van der Waals surface area contributed by atoms with Crippen LogP contribution in [-0.2, 0) is 0 Å². The first-order valence-corrected chi connectivity index (χ1v) is 6.88. The number of nitrogens with two attached hydrogens (primary N) is 1. The van der Waals surface area contributed by atoms with Gasteiger partial charge >= 0.3 is 0 Å². The third-order valence-electron chi connectivity index (χ3n) is 3.10. The van der Waals surface area contributed by atoms with Crippen LogP contribution >= 0.6 is 12.4 Å². The van der Waals surface area contributed by atoms with Gasteiger partial charge < -0.3 is 16.4 Å². The zero-order valence-electron chi connectivity index (χ0n) is 12.6. The Hall–Kier alpha value is -1.86. The van der Waals surface area contributed by atoms with Gasteiger partial charge in [0.2, 0.25) is 0 Å². The highest BCUT2D eigenvalue weighted by atomic mass is 35.5. The minimum atomic E-state index is -0.533. The van der Waals surface area contributed by atoms with E-state index in [4.69, 9.17) is 5.73 Å². The molecule has 122 valence electrons. The number of nitro groups is 1. The monoisotopic (exact) mass is 328 g/mol. The molecule has 1 aliphatic carbocycles. The summed E-state index contributed by atoms with van der Waals surface area (Å²) in [5.74, 6) is -0.366. The van der Waals surface area contributed by atoms with Crippen LogP contribution in [0.25, 0.3) is 0 Å². The van der Waals surface area contributed by atoms with Crippen LogP contribution < -0.4 is 16.4 Å². The Morgan fingerprint density at radius 2 is 2.09 bits per heavy atom. The van der Waals surface area contributed by atoms with E-state index in [1.807, 2.05) is 0 Å². The second-order valence-electron chi connectivity index (χ2n) is 6.08. The normalized spacial score (nSPS) is 14.0. The van der Waals surface area contributed by atoms with Crippen molar-refractivity contribution in [2.45, 2.75) is 38.3 Å². The summed E-state index contributed by atoms with van der Waals surface area (Å²) in [6.07, 6.45) is 2.04. The number of nitrogens with one attached hydrogen (secondary N) is 2. The summed E-state index contributed by atoms with van der Waals surface area (Å²) in [5, 5.41) is 16.9. The number of amides is 1. The van der Waals surface area contributed by atoms with Gasteiger partial charge in [-0.25, -0.2) is 0 Å². The van der Waals surface area contributed by atoms with E-state index in [1.165, 1.54) is 6.07 Å². The fraction of sp³-hybridized carbons (Fsp3) is 0.500. The van der Waals surface area contributed by atoms with E-state index in [2.05, 4.69) is 10.6 Å². The zero-order valence-corrected chi connectivity index (χ0v) is 13.4. The standard InChI is InChI=1S/C14H20N4O3.ClH/c1-14(2,15)8-16-13(19)9-3-6-11(17-10-4-5-10)12(7-9)18(20)21;/h3,6-7,10,17H,4-5,8,15H2,1-2H3,(H,16,19);1H. The summed E-state index contributed by atoms with van der Waals surface area (Å²) in [5.41, 5.74) is 5.89. The number of halogens is 1. The Kier molecular flexibility index (Phi) is 5.73. The molecule has 1 saturated carbocycles. The van der Waals surface area contributed by atoms with Gasteiger partial charge in [0.05, 0.1) is 4.92 Å². The quantitative estimate of drug-likeness (QED) is 0.547. The highest BCUT2D eigenvalue weighted by Crippen LogP contribution is 2.31. The van der Waals surface area contributed by atoms with Gasteiger partial charge in [-0.3, -0.25) is 14.9 Å². The lowest BCUT2D eigenvalue weighted by atomic mass is 10.1. The van der Waals surface area contributed by atoms with Crippen LogP contribution in [0.4, 0.5) is 11.4 Å². The van der Waals surface area contributed by atoms with E-state index in [-0.39, 0.29) is 29.6 Å². The van der Waals surface area contributed by atoms with Crippen LogP contribution in [0, 0.1) is 10.1 Å². The number of nitrogens with zero attached hydrogens (tertiary/aromatic N) is 1. The van der Waals surface area contributed by atoms with Gasteiger partial charge in [-0.2, -0.15) is 0 Å². The summed E-state index contributed by atoms with van der Waals surface area (Å²) in [6.45, 7) is 3.87. The first-order valence-electron chi connectivity index (χ1n) is 6.88. The third kappa shape index (κ3) is 5.16. The third-order valence-corrected chi connectivity index (χ3v) is 3.10. The molecule has 1 aromatic carbocycles. The number of carbonyl (C=O) groups excluding carboxylic acids is 1. The molecule has 1 amide bonds. The van der Waals surface area contributed by atoms with E-state index in [0.717, 1.165) is 12.8 Å². The molecule has 1 aliphatic rings. The van der Waals surface area contributed by atoms with Gasteiger partial charge in [0, 0.05) is 29.8 Å².